The number of anilines is 2. The normalized spacial score (nSPS) is 15.9. The van der Waals surface area contributed by atoms with Crippen LogP contribution < -0.4 is 10.6 Å². The number of nitrogens with one attached hydrogen (secondary N) is 2. The van der Waals surface area contributed by atoms with Crippen molar-refractivity contribution < 1.29 is 4.79 Å². The number of para-hydroxylation sites is 1. The molecule has 0 aromatic heterocycles. The van der Waals surface area contributed by atoms with Gasteiger partial charge in [-0.3, -0.25) is 9.79 Å². The third kappa shape index (κ3) is 4.78. The second-order valence-electron chi connectivity index (χ2n) is 7.14. The van der Waals surface area contributed by atoms with Gasteiger partial charge in [-0.05, 0) is 68.4 Å². The lowest BCUT2D eigenvalue weighted by Gasteiger charge is -2.18. The minimum Gasteiger partial charge on any atom is -0.385 e. The van der Waals surface area contributed by atoms with Crippen LogP contribution >= 0.6 is 0 Å². The van der Waals surface area contributed by atoms with E-state index in [4.69, 9.17) is 0 Å². The van der Waals surface area contributed by atoms with E-state index in [9.17, 15) is 4.79 Å². The fourth-order valence-electron chi connectivity index (χ4n) is 3.53. The van der Waals surface area contributed by atoms with Gasteiger partial charge in [-0.2, -0.15) is 0 Å². The molecule has 1 aliphatic heterocycles. The highest BCUT2D eigenvalue weighted by Crippen LogP contribution is 2.31. The lowest BCUT2D eigenvalue weighted by atomic mass is 10.0. The van der Waals surface area contributed by atoms with Crippen LogP contribution in [0, 0.1) is 6.92 Å². The number of aliphatic imine (C=N–C) groups is 1. The molecule has 148 valence electrons. The Morgan fingerprint density at radius 3 is 2.71 bits per heavy atom. The summed E-state index contributed by atoms with van der Waals surface area (Å²) < 4.78 is 0. The maximum atomic E-state index is 12.2. The van der Waals surface area contributed by atoms with E-state index in [1.807, 2.05) is 30.3 Å². The first-order valence-electron chi connectivity index (χ1n) is 10.1. The lowest BCUT2D eigenvalue weighted by molar-refractivity contribution is -0.115. The monoisotopic (exact) mass is 378 g/mol. The predicted molar refractivity (Wildman–Crippen MR) is 118 cm³/mol. The molecule has 1 amide bonds. The number of rotatable bonds is 9. The fraction of sp³-hybridized carbons (Fsp3) is 0.391. The third-order valence-electron chi connectivity index (χ3n) is 5.28. The zero-order valence-corrected chi connectivity index (χ0v) is 17.0. The molecule has 1 unspecified atom stereocenters. The van der Waals surface area contributed by atoms with Gasteiger partial charge in [0.2, 0.25) is 5.91 Å². The van der Waals surface area contributed by atoms with E-state index in [0.29, 0.717) is 0 Å². The van der Waals surface area contributed by atoms with E-state index >= 15 is 0 Å². The van der Waals surface area contributed by atoms with Crippen LogP contribution in [-0.4, -0.2) is 43.2 Å². The summed E-state index contributed by atoms with van der Waals surface area (Å²) in [6.07, 6.45) is 2.87. The van der Waals surface area contributed by atoms with Crippen molar-refractivity contribution in [1.82, 2.24) is 4.90 Å². The van der Waals surface area contributed by atoms with E-state index in [2.05, 4.69) is 53.4 Å². The molecule has 1 aliphatic rings. The first kappa shape index (κ1) is 20.1. The van der Waals surface area contributed by atoms with Gasteiger partial charge in [0, 0.05) is 24.1 Å². The summed E-state index contributed by atoms with van der Waals surface area (Å²) in [5, 5.41) is 6.42. The molecular formula is C23H30N4O. The number of benzene rings is 2. The van der Waals surface area contributed by atoms with Crippen molar-refractivity contribution in [3.8, 4) is 0 Å². The molecule has 0 spiro atoms. The molecular weight excluding hydrogens is 348 g/mol. The first-order chi connectivity index (χ1) is 13.6. The second-order valence-corrected chi connectivity index (χ2v) is 7.14. The van der Waals surface area contributed by atoms with Gasteiger partial charge in [0.05, 0.1) is 5.69 Å². The first-order valence-corrected chi connectivity index (χ1v) is 10.1. The number of nitrogens with zero attached hydrogens (tertiary/aromatic N) is 2. The quantitative estimate of drug-likeness (QED) is 0.496. The van der Waals surface area contributed by atoms with Gasteiger partial charge in [0.25, 0.3) is 0 Å². The van der Waals surface area contributed by atoms with Crippen molar-refractivity contribution >= 4 is 29.2 Å². The molecule has 0 fully saturated rings. The van der Waals surface area contributed by atoms with Crippen molar-refractivity contribution in [2.45, 2.75) is 33.1 Å². The molecule has 2 aromatic carbocycles. The Labute approximate surface area is 167 Å². The summed E-state index contributed by atoms with van der Waals surface area (Å²) in [7, 11) is 0. The van der Waals surface area contributed by atoms with Crippen LogP contribution in [0.4, 0.5) is 17.1 Å². The van der Waals surface area contributed by atoms with Gasteiger partial charge in [0.1, 0.15) is 5.92 Å². The Bertz CT molecular complexity index is 842. The smallest absolute Gasteiger partial charge is 0.237 e. The van der Waals surface area contributed by atoms with Gasteiger partial charge in [0.15, 0.2) is 0 Å². The topological polar surface area (TPSA) is 56.7 Å². The lowest BCUT2D eigenvalue weighted by Crippen LogP contribution is -2.25. The third-order valence-corrected chi connectivity index (χ3v) is 5.28. The van der Waals surface area contributed by atoms with E-state index in [1.165, 1.54) is 0 Å². The maximum Gasteiger partial charge on any atom is 0.237 e. The summed E-state index contributed by atoms with van der Waals surface area (Å²) in [4.78, 5) is 19.2. The van der Waals surface area contributed by atoms with E-state index in [1.54, 1.807) is 6.21 Å². The van der Waals surface area contributed by atoms with Crippen LogP contribution in [0.3, 0.4) is 0 Å². The van der Waals surface area contributed by atoms with Gasteiger partial charge < -0.3 is 15.5 Å². The standard InChI is InChI=1S/C23H30N4O/c1-4-27(5-2)14-8-13-24-21-12-11-18(15-17(21)3)25-16-20-19-9-6-7-10-22(19)26-23(20)28/h6-7,9-12,15-16,20,24H,4-5,8,13-14H2,1-3H3,(H,26,28). The summed E-state index contributed by atoms with van der Waals surface area (Å²) in [6.45, 7) is 10.8. The Balaban J connectivity index is 1.58. The highest BCUT2D eigenvalue weighted by molar-refractivity contribution is 6.12. The molecule has 0 bridgehead atoms. The Hall–Kier alpha value is -2.66. The van der Waals surface area contributed by atoms with Crippen LogP contribution in [-0.2, 0) is 4.79 Å². The minimum absolute atomic E-state index is 0.0202. The Kier molecular flexibility index (Phi) is 6.82. The van der Waals surface area contributed by atoms with Gasteiger partial charge >= 0.3 is 0 Å². The number of carbonyl (C=O) groups is 1. The van der Waals surface area contributed by atoms with E-state index in [0.717, 1.165) is 60.8 Å². The minimum atomic E-state index is -0.325. The summed E-state index contributed by atoms with van der Waals surface area (Å²) in [5.74, 6) is -0.345. The largest absolute Gasteiger partial charge is 0.385 e. The van der Waals surface area contributed by atoms with Crippen LogP contribution in [0.2, 0.25) is 0 Å². The Morgan fingerprint density at radius 2 is 1.96 bits per heavy atom. The summed E-state index contributed by atoms with van der Waals surface area (Å²) >= 11 is 0. The predicted octanol–water partition coefficient (Wildman–Crippen LogP) is 4.58. The maximum absolute atomic E-state index is 12.2. The summed E-state index contributed by atoms with van der Waals surface area (Å²) in [5.41, 5.74) is 5.03. The highest BCUT2D eigenvalue weighted by Gasteiger charge is 2.28. The molecule has 0 saturated heterocycles. The van der Waals surface area contributed by atoms with Crippen LogP contribution in [0.15, 0.2) is 47.5 Å². The molecule has 5 nitrogen and oxygen atoms in total. The molecule has 2 N–H and O–H groups in total. The van der Waals surface area contributed by atoms with Crippen LogP contribution in [0.25, 0.3) is 0 Å². The van der Waals surface area contributed by atoms with Gasteiger partial charge in [-0.15, -0.1) is 0 Å². The average molecular weight is 379 g/mol. The van der Waals surface area contributed by atoms with E-state index in [-0.39, 0.29) is 11.8 Å². The molecule has 3 rings (SSSR count). The molecule has 0 aliphatic carbocycles. The second kappa shape index (κ2) is 9.51. The van der Waals surface area contributed by atoms with Crippen molar-refractivity contribution in [3.63, 3.8) is 0 Å². The zero-order chi connectivity index (χ0) is 19.9. The highest BCUT2D eigenvalue weighted by atomic mass is 16.2. The van der Waals surface area contributed by atoms with Crippen molar-refractivity contribution in [1.29, 1.82) is 0 Å². The summed E-state index contributed by atoms with van der Waals surface area (Å²) in [6, 6.07) is 13.9. The van der Waals surface area contributed by atoms with Gasteiger partial charge in [-0.1, -0.05) is 32.0 Å². The molecule has 1 heterocycles. The number of fused-ring (bicyclic) bond motifs is 1. The number of aryl methyl sites for hydroxylation is 1. The molecule has 1 atom stereocenters. The van der Waals surface area contributed by atoms with Gasteiger partial charge in [-0.25, -0.2) is 0 Å². The Morgan fingerprint density at radius 1 is 1.18 bits per heavy atom. The average Bonchev–Trinajstić information content (AvgIpc) is 3.02. The van der Waals surface area contributed by atoms with Crippen molar-refractivity contribution in [2.24, 2.45) is 4.99 Å². The van der Waals surface area contributed by atoms with E-state index < -0.39 is 0 Å². The number of amides is 1. The molecule has 0 radical (unpaired) electrons. The molecule has 28 heavy (non-hydrogen) atoms. The molecule has 2 aromatic rings. The zero-order valence-electron chi connectivity index (χ0n) is 17.0. The number of hydrogen-bond donors (Lipinski definition) is 2. The number of carbonyl (C=O) groups excluding carboxylic acids is 1. The van der Waals surface area contributed by atoms with Crippen LogP contribution in [0.1, 0.15) is 37.3 Å². The molecule has 0 saturated carbocycles. The molecule has 5 heteroatoms. The van der Waals surface area contributed by atoms with Crippen LogP contribution in [0.5, 0.6) is 0 Å². The number of hydrogen-bond acceptors (Lipinski definition) is 4. The van der Waals surface area contributed by atoms with Crippen molar-refractivity contribution in [2.75, 3.05) is 36.8 Å². The van der Waals surface area contributed by atoms with Crippen molar-refractivity contribution in [3.05, 3.63) is 53.6 Å². The fourth-order valence-corrected chi connectivity index (χ4v) is 3.53. The SMILES string of the molecule is CCN(CC)CCCNc1ccc(N=CC2C(=O)Nc3ccccc32)cc1C.